The molecular formula is C13H18N3O+. The monoisotopic (exact) mass is 232 g/mol. The number of amides is 1. The first-order valence-electron chi connectivity index (χ1n) is 5.92. The molecule has 0 atom stereocenters. The van der Waals surface area contributed by atoms with Crippen molar-refractivity contribution in [3.63, 3.8) is 0 Å². The van der Waals surface area contributed by atoms with Crippen LogP contribution in [-0.4, -0.2) is 17.0 Å². The number of fused-ring (bicyclic) bond motifs is 1. The van der Waals surface area contributed by atoms with Crippen LogP contribution < -0.4 is 9.88 Å². The van der Waals surface area contributed by atoms with Crippen molar-refractivity contribution in [1.29, 1.82) is 0 Å². The highest BCUT2D eigenvalue weighted by Gasteiger charge is 2.14. The first kappa shape index (κ1) is 11.6. The highest BCUT2D eigenvalue weighted by atomic mass is 16.1. The molecule has 2 aromatic rings. The number of hydrogen-bond acceptors (Lipinski definition) is 1. The number of aryl methyl sites for hydroxylation is 1. The Morgan fingerprint density at radius 2 is 2.18 bits per heavy atom. The fourth-order valence-electron chi connectivity index (χ4n) is 1.94. The first-order valence-corrected chi connectivity index (χ1v) is 5.92. The number of carbonyl (C=O) groups is 1. The van der Waals surface area contributed by atoms with Gasteiger partial charge in [0.05, 0.1) is 7.05 Å². The molecule has 0 spiro atoms. The Bertz CT molecular complexity index is 530. The van der Waals surface area contributed by atoms with Crippen molar-refractivity contribution in [3.05, 3.63) is 30.6 Å². The number of para-hydroxylation sites is 2. The molecule has 0 aliphatic carbocycles. The lowest BCUT2D eigenvalue weighted by Crippen LogP contribution is -2.29. The van der Waals surface area contributed by atoms with Crippen molar-refractivity contribution in [2.45, 2.75) is 19.9 Å². The van der Waals surface area contributed by atoms with Crippen LogP contribution in [0.25, 0.3) is 11.0 Å². The van der Waals surface area contributed by atoms with Gasteiger partial charge in [-0.1, -0.05) is 19.1 Å². The van der Waals surface area contributed by atoms with E-state index >= 15 is 0 Å². The summed E-state index contributed by atoms with van der Waals surface area (Å²) in [4.78, 5) is 11.7. The second kappa shape index (κ2) is 4.99. The molecule has 1 aromatic heterocycles. The summed E-state index contributed by atoms with van der Waals surface area (Å²) in [7, 11) is 1.99. The fourth-order valence-corrected chi connectivity index (χ4v) is 1.94. The van der Waals surface area contributed by atoms with Gasteiger partial charge in [-0.15, -0.1) is 0 Å². The summed E-state index contributed by atoms with van der Waals surface area (Å²) in [6.45, 7) is 3.16. The molecule has 1 amide bonds. The molecule has 1 N–H and O–H groups in total. The second-order valence-electron chi connectivity index (χ2n) is 4.19. The zero-order valence-corrected chi connectivity index (χ0v) is 10.3. The summed E-state index contributed by atoms with van der Waals surface area (Å²) in [6, 6.07) is 8.07. The molecule has 0 saturated heterocycles. The van der Waals surface area contributed by atoms with Crippen molar-refractivity contribution in [2.75, 3.05) is 6.54 Å². The Labute approximate surface area is 101 Å². The molecule has 4 heteroatoms. The third-order valence-electron chi connectivity index (χ3n) is 2.77. The molecule has 17 heavy (non-hydrogen) atoms. The summed E-state index contributed by atoms with van der Waals surface area (Å²) in [6.07, 6.45) is 2.92. The maximum Gasteiger partial charge on any atom is 0.262 e. The first-order chi connectivity index (χ1) is 8.22. The Kier molecular flexibility index (Phi) is 3.42. The predicted molar refractivity (Wildman–Crippen MR) is 66.4 cm³/mol. The van der Waals surface area contributed by atoms with Crippen molar-refractivity contribution in [3.8, 4) is 0 Å². The average molecular weight is 232 g/mol. The molecule has 0 saturated carbocycles. The minimum atomic E-state index is 0.0632. The smallest absolute Gasteiger partial charge is 0.262 e. The van der Waals surface area contributed by atoms with Crippen LogP contribution in [0.3, 0.4) is 0 Å². The van der Waals surface area contributed by atoms with E-state index in [4.69, 9.17) is 0 Å². The predicted octanol–water partition coefficient (Wildman–Crippen LogP) is 0.992. The van der Waals surface area contributed by atoms with Crippen molar-refractivity contribution >= 4 is 16.9 Å². The van der Waals surface area contributed by atoms with Crippen LogP contribution in [0.5, 0.6) is 0 Å². The van der Waals surface area contributed by atoms with E-state index in [9.17, 15) is 4.79 Å². The molecule has 0 unspecified atom stereocenters. The molecule has 0 radical (unpaired) electrons. The van der Waals surface area contributed by atoms with Crippen LogP contribution in [0.15, 0.2) is 30.6 Å². The molecule has 0 bridgehead atoms. The van der Waals surface area contributed by atoms with Gasteiger partial charge in [-0.2, -0.15) is 0 Å². The number of rotatable bonds is 4. The fraction of sp³-hybridized carbons (Fsp3) is 0.385. The van der Waals surface area contributed by atoms with Crippen molar-refractivity contribution < 1.29 is 9.36 Å². The van der Waals surface area contributed by atoms with Crippen LogP contribution in [0.4, 0.5) is 0 Å². The lowest BCUT2D eigenvalue weighted by atomic mass is 10.3. The third kappa shape index (κ3) is 2.46. The normalized spacial score (nSPS) is 10.7. The lowest BCUT2D eigenvalue weighted by Gasteiger charge is -2.00. The molecule has 0 aliphatic heterocycles. The van der Waals surface area contributed by atoms with Crippen LogP contribution in [-0.2, 0) is 18.4 Å². The van der Waals surface area contributed by atoms with Gasteiger partial charge in [0, 0.05) is 6.54 Å². The van der Waals surface area contributed by atoms with Gasteiger partial charge < -0.3 is 5.32 Å². The van der Waals surface area contributed by atoms with E-state index in [1.807, 2.05) is 47.6 Å². The van der Waals surface area contributed by atoms with Gasteiger partial charge >= 0.3 is 0 Å². The van der Waals surface area contributed by atoms with Crippen LogP contribution in [0, 0.1) is 0 Å². The molecule has 0 aliphatic rings. The Balaban J connectivity index is 2.21. The number of carbonyl (C=O) groups excluding carboxylic acids is 1. The van der Waals surface area contributed by atoms with Gasteiger partial charge in [-0.3, -0.25) is 4.79 Å². The van der Waals surface area contributed by atoms with E-state index in [-0.39, 0.29) is 5.91 Å². The van der Waals surface area contributed by atoms with Gasteiger partial charge in [0.1, 0.15) is 0 Å². The van der Waals surface area contributed by atoms with Crippen molar-refractivity contribution in [2.24, 2.45) is 7.05 Å². The topological polar surface area (TPSA) is 37.9 Å². The molecule has 2 rings (SSSR count). The number of benzene rings is 1. The minimum absolute atomic E-state index is 0.0632. The van der Waals surface area contributed by atoms with E-state index in [1.54, 1.807) is 0 Å². The average Bonchev–Trinajstić information content (AvgIpc) is 2.65. The lowest BCUT2D eigenvalue weighted by molar-refractivity contribution is -0.645. The molecule has 90 valence electrons. The van der Waals surface area contributed by atoms with E-state index in [2.05, 4.69) is 11.4 Å². The van der Waals surface area contributed by atoms with Crippen LogP contribution in [0.2, 0.25) is 0 Å². The summed E-state index contributed by atoms with van der Waals surface area (Å²) in [5, 5.41) is 2.89. The summed E-state index contributed by atoms with van der Waals surface area (Å²) >= 11 is 0. The van der Waals surface area contributed by atoms with Gasteiger partial charge in [0.15, 0.2) is 17.6 Å². The maximum absolute atomic E-state index is 11.7. The molecule has 1 heterocycles. The number of imidazole rings is 1. The van der Waals surface area contributed by atoms with Gasteiger partial charge in [0.2, 0.25) is 6.33 Å². The van der Waals surface area contributed by atoms with E-state index in [1.165, 1.54) is 0 Å². The molecule has 4 nitrogen and oxygen atoms in total. The van der Waals surface area contributed by atoms with Crippen LogP contribution >= 0.6 is 0 Å². The van der Waals surface area contributed by atoms with E-state index in [0.717, 1.165) is 24.0 Å². The molecular weight excluding hydrogens is 214 g/mol. The number of nitrogens with one attached hydrogen (secondary N) is 1. The van der Waals surface area contributed by atoms with E-state index < -0.39 is 0 Å². The van der Waals surface area contributed by atoms with E-state index in [0.29, 0.717) is 6.54 Å². The van der Waals surface area contributed by atoms with Gasteiger partial charge in [-0.05, 0) is 18.6 Å². The zero-order chi connectivity index (χ0) is 12.3. The molecule has 0 fully saturated rings. The number of nitrogens with zero attached hydrogens (tertiary/aromatic N) is 2. The SMILES string of the molecule is CCCNC(=O)Cn1c[n+](C)c2ccccc21. The standard InChI is InChI=1S/C13H17N3O/c1-3-8-14-13(17)9-16-10-15(2)11-6-4-5-7-12(11)16/h4-7,10H,3,8-9H2,1-2H3/p+1. The Morgan fingerprint density at radius 3 is 2.94 bits per heavy atom. The summed E-state index contributed by atoms with van der Waals surface area (Å²) in [5.41, 5.74) is 2.22. The van der Waals surface area contributed by atoms with Crippen molar-refractivity contribution in [1.82, 2.24) is 9.88 Å². The van der Waals surface area contributed by atoms with Gasteiger partial charge in [-0.25, -0.2) is 9.13 Å². The van der Waals surface area contributed by atoms with Gasteiger partial charge in [0.25, 0.3) is 5.91 Å². The third-order valence-corrected chi connectivity index (χ3v) is 2.77. The summed E-state index contributed by atoms with van der Waals surface area (Å²) in [5.74, 6) is 0.0632. The number of aromatic nitrogens is 2. The minimum Gasteiger partial charge on any atom is -0.353 e. The zero-order valence-electron chi connectivity index (χ0n) is 10.3. The quantitative estimate of drug-likeness (QED) is 0.784. The summed E-state index contributed by atoms with van der Waals surface area (Å²) < 4.78 is 4.00. The largest absolute Gasteiger partial charge is 0.353 e. The Hall–Kier alpha value is -1.84. The maximum atomic E-state index is 11.7. The highest BCUT2D eigenvalue weighted by molar-refractivity contribution is 5.79. The van der Waals surface area contributed by atoms with Crippen LogP contribution in [0.1, 0.15) is 13.3 Å². The highest BCUT2D eigenvalue weighted by Crippen LogP contribution is 2.09. The number of hydrogen-bond donors (Lipinski definition) is 1. The molecule has 1 aromatic carbocycles. The Morgan fingerprint density at radius 1 is 1.41 bits per heavy atom. The second-order valence-corrected chi connectivity index (χ2v) is 4.19.